The van der Waals surface area contributed by atoms with Gasteiger partial charge in [0.05, 0.1) is 18.7 Å². The van der Waals surface area contributed by atoms with Crippen LogP contribution >= 0.6 is 0 Å². The smallest absolute Gasteiger partial charge is 0.304 e. The molecule has 3 N–H and O–H groups in total. The van der Waals surface area contributed by atoms with Crippen molar-refractivity contribution in [3.05, 3.63) is 0 Å². The predicted octanol–water partition coefficient (Wildman–Crippen LogP) is -2.19. The number of carboxylic acid groups (broad SMARTS) is 1. The van der Waals surface area contributed by atoms with Crippen molar-refractivity contribution < 1.29 is 23.1 Å². The Kier molecular flexibility index (Phi) is 5.51. The first-order valence-corrected chi connectivity index (χ1v) is 7.23. The van der Waals surface area contributed by atoms with Gasteiger partial charge in [0.25, 0.3) is 0 Å². The Labute approximate surface area is 105 Å². The summed E-state index contributed by atoms with van der Waals surface area (Å²) in [6, 6.07) is 0. The van der Waals surface area contributed by atoms with Crippen LogP contribution in [0, 0.1) is 0 Å². The first kappa shape index (κ1) is 14.9. The van der Waals surface area contributed by atoms with Gasteiger partial charge < -0.3 is 15.3 Å². The van der Waals surface area contributed by atoms with Crippen LogP contribution in [-0.4, -0.2) is 68.8 Å². The lowest BCUT2D eigenvalue weighted by atomic mass is 10.3. The molecule has 9 heteroatoms. The highest BCUT2D eigenvalue weighted by molar-refractivity contribution is 7.89. The van der Waals surface area contributed by atoms with Gasteiger partial charge in [-0.25, -0.2) is 13.1 Å². The van der Waals surface area contributed by atoms with Crippen LogP contribution < -0.4 is 10.0 Å². The van der Waals surface area contributed by atoms with Gasteiger partial charge in [-0.05, 0) is 0 Å². The van der Waals surface area contributed by atoms with Crippen molar-refractivity contribution in [2.75, 3.05) is 38.5 Å². The van der Waals surface area contributed by atoms with Crippen LogP contribution in [0.3, 0.4) is 0 Å². The molecule has 8 nitrogen and oxygen atoms in total. The monoisotopic (exact) mass is 279 g/mol. The van der Waals surface area contributed by atoms with Gasteiger partial charge in [-0.15, -0.1) is 0 Å². The van der Waals surface area contributed by atoms with E-state index in [2.05, 4.69) is 10.0 Å². The second-order valence-corrected chi connectivity index (χ2v) is 5.84. The fourth-order valence-electron chi connectivity index (χ4n) is 1.49. The number of carboxylic acids is 1. The number of amides is 1. The molecule has 0 aromatic carbocycles. The maximum absolute atomic E-state index is 11.6. The molecule has 0 radical (unpaired) electrons. The molecule has 0 aromatic rings. The Bertz CT molecular complexity index is 402. The minimum absolute atomic E-state index is 0.296. The summed E-state index contributed by atoms with van der Waals surface area (Å²) in [5.74, 6) is -2.00. The number of piperazine rings is 1. The fourth-order valence-corrected chi connectivity index (χ4v) is 2.42. The SMILES string of the molecule is O=C(O)CCS(=O)(=O)NCC(=O)N1CCNCC1. The Hall–Kier alpha value is -1.19. The molecule has 0 spiro atoms. The summed E-state index contributed by atoms with van der Waals surface area (Å²) in [6.45, 7) is 2.17. The van der Waals surface area contributed by atoms with Gasteiger partial charge in [0.15, 0.2) is 0 Å². The first-order chi connectivity index (χ1) is 8.41. The first-order valence-electron chi connectivity index (χ1n) is 5.58. The van der Waals surface area contributed by atoms with Crippen molar-refractivity contribution in [1.29, 1.82) is 0 Å². The van der Waals surface area contributed by atoms with Crippen molar-refractivity contribution in [2.45, 2.75) is 6.42 Å². The molecule has 1 aliphatic heterocycles. The molecule has 104 valence electrons. The summed E-state index contributed by atoms with van der Waals surface area (Å²) in [6.07, 6.45) is -0.475. The quantitative estimate of drug-likeness (QED) is 0.509. The van der Waals surface area contributed by atoms with Crippen LogP contribution in [0.1, 0.15) is 6.42 Å². The van der Waals surface area contributed by atoms with E-state index in [0.29, 0.717) is 26.2 Å². The fraction of sp³-hybridized carbons (Fsp3) is 0.778. The van der Waals surface area contributed by atoms with E-state index in [0.717, 1.165) is 0 Å². The molecule has 1 saturated heterocycles. The highest BCUT2D eigenvalue weighted by Gasteiger charge is 2.19. The van der Waals surface area contributed by atoms with Crippen LogP contribution in [0.4, 0.5) is 0 Å². The molecule has 1 amide bonds. The van der Waals surface area contributed by atoms with E-state index in [9.17, 15) is 18.0 Å². The second-order valence-electron chi connectivity index (χ2n) is 3.91. The number of carbonyl (C=O) groups is 2. The van der Waals surface area contributed by atoms with Crippen molar-refractivity contribution in [3.63, 3.8) is 0 Å². The third kappa shape index (κ3) is 5.43. The van der Waals surface area contributed by atoms with Gasteiger partial charge in [-0.1, -0.05) is 0 Å². The molecular weight excluding hydrogens is 262 g/mol. The molecular formula is C9H17N3O5S. The normalized spacial score (nSPS) is 16.6. The molecule has 1 rings (SSSR count). The molecule has 0 atom stereocenters. The van der Waals surface area contributed by atoms with E-state index < -0.39 is 28.2 Å². The van der Waals surface area contributed by atoms with Gasteiger partial charge in [0, 0.05) is 26.2 Å². The molecule has 1 heterocycles. The molecule has 0 bridgehead atoms. The van der Waals surface area contributed by atoms with Crippen LogP contribution in [0.15, 0.2) is 0 Å². The van der Waals surface area contributed by atoms with Gasteiger partial charge >= 0.3 is 5.97 Å². The number of nitrogens with one attached hydrogen (secondary N) is 2. The van der Waals surface area contributed by atoms with Crippen LogP contribution in [0.25, 0.3) is 0 Å². The van der Waals surface area contributed by atoms with Crippen molar-refractivity contribution in [2.24, 2.45) is 0 Å². The van der Waals surface area contributed by atoms with E-state index in [-0.39, 0.29) is 12.5 Å². The van der Waals surface area contributed by atoms with E-state index >= 15 is 0 Å². The average molecular weight is 279 g/mol. The average Bonchev–Trinajstić information content (AvgIpc) is 2.35. The Balaban J connectivity index is 2.34. The molecule has 1 aliphatic rings. The molecule has 18 heavy (non-hydrogen) atoms. The van der Waals surface area contributed by atoms with E-state index in [1.54, 1.807) is 4.90 Å². The topological polar surface area (TPSA) is 116 Å². The minimum Gasteiger partial charge on any atom is -0.481 e. The number of carbonyl (C=O) groups excluding carboxylic acids is 1. The number of nitrogens with zero attached hydrogens (tertiary/aromatic N) is 1. The molecule has 0 saturated carbocycles. The maximum atomic E-state index is 11.6. The Morgan fingerprint density at radius 3 is 2.44 bits per heavy atom. The van der Waals surface area contributed by atoms with Crippen LogP contribution in [-0.2, 0) is 19.6 Å². The van der Waals surface area contributed by atoms with E-state index in [1.807, 2.05) is 0 Å². The summed E-state index contributed by atoms with van der Waals surface area (Å²) in [5, 5.41) is 11.5. The lowest BCUT2D eigenvalue weighted by Crippen LogP contribution is -2.49. The summed E-state index contributed by atoms with van der Waals surface area (Å²) in [7, 11) is -3.70. The number of rotatable bonds is 6. The van der Waals surface area contributed by atoms with Gasteiger partial charge in [-0.3, -0.25) is 9.59 Å². The highest BCUT2D eigenvalue weighted by atomic mass is 32.2. The molecule has 0 aromatic heterocycles. The maximum Gasteiger partial charge on any atom is 0.304 e. The summed E-state index contributed by atoms with van der Waals surface area (Å²) in [5.41, 5.74) is 0. The summed E-state index contributed by atoms with van der Waals surface area (Å²) in [4.78, 5) is 23.5. The number of aliphatic carboxylic acids is 1. The van der Waals surface area contributed by atoms with Crippen molar-refractivity contribution >= 4 is 21.9 Å². The standard InChI is InChI=1S/C9H17N3O5S/c13-8(12-4-2-10-3-5-12)7-11-18(16,17)6-1-9(14)15/h10-11H,1-7H2,(H,14,15). The zero-order valence-electron chi connectivity index (χ0n) is 9.89. The minimum atomic E-state index is -3.70. The third-order valence-electron chi connectivity index (χ3n) is 2.50. The molecule has 0 unspecified atom stereocenters. The molecule has 1 fully saturated rings. The Morgan fingerprint density at radius 2 is 1.89 bits per heavy atom. The molecule has 0 aliphatic carbocycles. The van der Waals surface area contributed by atoms with Gasteiger partial charge in [0.2, 0.25) is 15.9 Å². The largest absolute Gasteiger partial charge is 0.481 e. The van der Waals surface area contributed by atoms with Gasteiger partial charge in [0.1, 0.15) is 0 Å². The van der Waals surface area contributed by atoms with Crippen LogP contribution in [0.2, 0.25) is 0 Å². The number of hydrogen-bond acceptors (Lipinski definition) is 5. The van der Waals surface area contributed by atoms with Crippen molar-refractivity contribution in [1.82, 2.24) is 14.9 Å². The number of sulfonamides is 1. The highest BCUT2D eigenvalue weighted by Crippen LogP contribution is 1.94. The van der Waals surface area contributed by atoms with Gasteiger partial charge in [-0.2, -0.15) is 0 Å². The van der Waals surface area contributed by atoms with E-state index in [1.165, 1.54) is 0 Å². The summed E-state index contributed by atoms with van der Waals surface area (Å²) >= 11 is 0. The Morgan fingerprint density at radius 1 is 1.28 bits per heavy atom. The second kappa shape index (κ2) is 6.66. The lowest BCUT2D eigenvalue weighted by molar-refractivity contribution is -0.136. The van der Waals surface area contributed by atoms with Crippen LogP contribution in [0.5, 0.6) is 0 Å². The van der Waals surface area contributed by atoms with Crippen molar-refractivity contribution in [3.8, 4) is 0 Å². The van der Waals surface area contributed by atoms with E-state index in [4.69, 9.17) is 5.11 Å². The zero-order chi connectivity index (χ0) is 13.6. The number of hydrogen-bond donors (Lipinski definition) is 3. The zero-order valence-corrected chi connectivity index (χ0v) is 10.7. The lowest BCUT2D eigenvalue weighted by Gasteiger charge is -2.27. The summed E-state index contributed by atoms with van der Waals surface area (Å²) < 4.78 is 24.8. The predicted molar refractivity (Wildman–Crippen MR) is 63.5 cm³/mol. The third-order valence-corrected chi connectivity index (χ3v) is 3.82.